The fraction of sp³-hybridized carbons (Fsp3) is 0.167. The van der Waals surface area contributed by atoms with E-state index < -0.39 is 17.6 Å². The van der Waals surface area contributed by atoms with E-state index in [-0.39, 0.29) is 12.1 Å². The van der Waals surface area contributed by atoms with Crippen molar-refractivity contribution >= 4 is 17.5 Å². The molecule has 0 saturated carbocycles. The lowest BCUT2D eigenvalue weighted by Crippen LogP contribution is -2.33. The Kier molecular flexibility index (Phi) is 6.80. The van der Waals surface area contributed by atoms with Crippen LogP contribution in [0.25, 0.3) is 11.1 Å². The van der Waals surface area contributed by atoms with Crippen LogP contribution in [0.15, 0.2) is 66.7 Å². The SMILES string of the molecule is CCOc1ccc(NC(=O)CNC(=O)c2ccc(-c3ccc(C)cc3)cc2F)cc1. The molecule has 0 spiro atoms. The number of rotatable bonds is 7. The lowest BCUT2D eigenvalue weighted by atomic mass is 10.0. The van der Waals surface area contributed by atoms with Crippen LogP contribution in [0.2, 0.25) is 0 Å². The fourth-order valence-corrected chi connectivity index (χ4v) is 2.89. The minimum absolute atomic E-state index is 0.111. The van der Waals surface area contributed by atoms with Crippen molar-refractivity contribution in [2.24, 2.45) is 0 Å². The van der Waals surface area contributed by atoms with Crippen LogP contribution >= 0.6 is 0 Å². The standard InChI is InChI=1S/C24H23FN2O3/c1-3-30-20-11-9-19(10-12-20)27-23(28)15-26-24(29)21-13-8-18(14-22(21)25)17-6-4-16(2)5-7-17/h4-14H,3,15H2,1-2H3,(H,26,29)(H,27,28). The summed E-state index contributed by atoms with van der Waals surface area (Å²) in [6, 6.07) is 19.0. The number of aryl methyl sites for hydroxylation is 1. The highest BCUT2D eigenvalue weighted by Gasteiger charge is 2.14. The molecule has 0 aliphatic carbocycles. The second-order valence-electron chi connectivity index (χ2n) is 6.75. The first-order valence-corrected chi connectivity index (χ1v) is 9.64. The van der Waals surface area contributed by atoms with Gasteiger partial charge in [0.1, 0.15) is 11.6 Å². The van der Waals surface area contributed by atoms with Crippen LogP contribution in [0.3, 0.4) is 0 Å². The summed E-state index contributed by atoms with van der Waals surface area (Å²) in [5.41, 5.74) is 3.11. The topological polar surface area (TPSA) is 67.4 Å². The maximum Gasteiger partial charge on any atom is 0.254 e. The Morgan fingerprint density at radius 1 is 0.933 bits per heavy atom. The molecule has 0 aliphatic rings. The summed E-state index contributed by atoms with van der Waals surface area (Å²) in [7, 11) is 0. The van der Waals surface area contributed by atoms with E-state index in [1.54, 1.807) is 30.3 Å². The maximum atomic E-state index is 14.5. The minimum atomic E-state index is -0.648. The Bertz CT molecular complexity index is 1030. The minimum Gasteiger partial charge on any atom is -0.494 e. The number of carbonyl (C=O) groups excluding carboxylic acids is 2. The Morgan fingerprint density at radius 2 is 1.60 bits per heavy atom. The molecule has 0 bridgehead atoms. The molecule has 6 heteroatoms. The van der Waals surface area contributed by atoms with Gasteiger partial charge in [0.2, 0.25) is 5.91 Å². The number of ether oxygens (including phenoxy) is 1. The molecule has 2 amide bonds. The summed E-state index contributed by atoms with van der Waals surface area (Å²) < 4.78 is 19.8. The number of carbonyl (C=O) groups is 2. The smallest absolute Gasteiger partial charge is 0.254 e. The molecule has 3 aromatic carbocycles. The molecule has 3 rings (SSSR count). The van der Waals surface area contributed by atoms with E-state index in [0.717, 1.165) is 11.1 Å². The maximum absolute atomic E-state index is 14.5. The van der Waals surface area contributed by atoms with Crippen LogP contribution in [0, 0.1) is 12.7 Å². The molecular weight excluding hydrogens is 383 g/mol. The van der Waals surface area contributed by atoms with E-state index in [9.17, 15) is 14.0 Å². The summed E-state index contributed by atoms with van der Waals surface area (Å²) >= 11 is 0. The van der Waals surface area contributed by atoms with Crippen LogP contribution in [0.1, 0.15) is 22.8 Å². The van der Waals surface area contributed by atoms with E-state index in [2.05, 4.69) is 10.6 Å². The van der Waals surface area contributed by atoms with Gasteiger partial charge in [-0.15, -0.1) is 0 Å². The summed E-state index contributed by atoms with van der Waals surface area (Å²) in [6.45, 7) is 4.15. The van der Waals surface area contributed by atoms with Gasteiger partial charge in [0.05, 0.1) is 18.7 Å². The zero-order valence-electron chi connectivity index (χ0n) is 16.9. The van der Waals surface area contributed by atoms with Crippen LogP contribution < -0.4 is 15.4 Å². The van der Waals surface area contributed by atoms with Crippen molar-refractivity contribution in [1.29, 1.82) is 0 Å². The molecular formula is C24H23FN2O3. The normalized spacial score (nSPS) is 10.4. The molecule has 30 heavy (non-hydrogen) atoms. The number of benzene rings is 3. The van der Waals surface area contributed by atoms with Gasteiger partial charge < -0.3 is 15.4 Å². The van der Waals surface area contributed by atoms with Gasteiger partial charge in [-0.2, -0.15) is 0 Å². The van der Waals surface area contributed by atoms with Crippen LogP contribution in [0.5, 0.6) is 5.75 Å². The predicted octanol–water partition coefficient (Wildman–Crippen LogP) is 4.57. The zero-order chi connectivity index (χ0) is 21.5. The first-order chi connectivity index (χ1) is 14.5. The highest BCUT2D eigenvalue weighted by Crippen LogP contribution is 2.22. The average molecular weight is 406 g/mol. The Labute approximate surface area is 174 Å². The van der Waals surface area contributed by atoms with Gasteiger partial charge >= 0.3 is 0 Å². The summed E-state index contributed by atoms with van der Waals surface area (Å²) in [6.07, 6.45) is 0. The Hall–Kier alpha value is -3.67. The van der Waals surface area contributed by atoms with E-state index in [4.69, 9.17) is 4.74 Å². The quantitative estimate of drug-likeness (QED) is 0.604. The highest BCUT2D eigenvalue weighted by atomic mass is 19.1. The fourth-order valence-electron chi connectivity index (χ4n) is 2.89. The largest absolute Gasteiger partial charge is 0.494 e. The molecule has 154 valence electrons. The third-order valence-electron chi connectivity index (χ3n) is 4.46. The van der Waals surface area contributed by atoms with Gasteiger partial charge in [-0.3, -0.25) is 9.59 Å². The first-order valence-electron chi connectivity index (χ1n) is 9.64. The Morgan fingerprint density at radius 3 is 2.23 bits per heavy atom. The molecule has 0 atom stereocenters. The molecule has 3 aromatic rings. The molecule has 0 aliphatic heterocycles. The van der Waals surface area contributed by atoms with Crippen LogP contribution in [-0.2, 0) is 4.79 Å². The second kappa shape index (κ2) is 9.69. The van der Waals surface area contributed by atoms with Crippen LogP contribution in [-0.4, -0.2) is 25.0 Å². The van der Waals surface area contributed by atoms with Crippen molar-refractivity contribution in [3.63, 3.8) is 0 Å². The van der Waals surface area contributed by atoms with E-state index in [1.165, 1.54) is 12.1 Å². The average Bonchev–Trinajstić information content (AvgIpc) is 2.74. The predicted molar refractivity (Wildman–Crippen MR) is 115 cm³/mol. The van der Waals surface area contributed by atoms with Crippen molar-refractivity contribution < 1.29 is 18.7 Å². The van der Waals surface area contributed by atoms with Crippen molar-refractivity contribution in [2.45, 2.75) is 13.8 Å². The zero-order valence-corrected chi connectivity index (χ0v) is 16.9. The second-order valence-corrected chi connectivity index (χ2v) is 6.75. The number of amides is 2. The van der Waals surface area contributed by atoms with Gasteiger partial charge in [-0.25, -0.2) is 4.39 Å². The number of anilines is 1. The highest BCUT2D eigenvalue weighted by molar-refractivity contribution is 5.99. The van der Waals surface area contributed by atoms with Crippen molar-refractivity contribution in [2.75, 3.05) is 18.5 Å². The third-order valence-corrected chi connectivity index (χ3v) is 4.46. The summed E-state index contributed by atoms with van der Waals surface area (Å²) in [4.78, 5) is 24.3. The molecule has 0 aromatic heterocycles. The van der Waals surface area contributed by atoms with E-state index in [1.807, 2.05) is 38.1 Å². The number of hydrogen-bond donors (Lipinski definition) is 2. The van der Waals surface area contributed by atoms with E-state index in [0.29, 0.717) is 23.6 Å². The molecule has 2 N–H and O–H groups in total. The lowest BCUT2D eigenvalue weighted by Gasteiger charge is -2.09. The first kappa shape index (κ1) is 21.0. The molecule has 0 fully saturated rings. The number of nitrogens with one attached hydrogen (secondary N) is 2. The molecule has 0 saturated heterocycles. The van der Waals surface area contributed by atoms with E-state index >= 15 is 0 Å². The molecule has 0 heterocycles. The summed E-state index contributed by atoms with van der Waals surface area (Å²) in [5, 5.41) is 5.11. The molecule has 0 radical (unpaired) electrons. The van der Waals surface area contributed by atoms with Gasteiger partial charge in [0.15, 0.2) is 0 Å². The van der Waals surface area contributed by atoms with Gasteiger partial charge in [-0.05, 0) is 61.4 Å². The van der Waals surface area contributed by atoms with Gasteiger partial charge in [0, 0.05) is 5.69 Å². The van der Waals surface area contributed by atoms with Crippen LogP contribution in [0.4, 0.5) is 10.1 Å². The summed E-state index contributed by atoms with van der Waals surface area (Å²) in [5.74, 6) is -1.00. The number of hydrogen-bond acceptors (Lipinski definition) is 3. The molecule has 5 nitrogen and oxygen atoms in total. The van der Waals surface area contributed by atoms with Gasteiger partial charge in [0.25, 0.3) is 5.91 Å². The third kappa shape index (κ3) is 5.44. The van der Waals surface area contributed by atoms with Crippen molar-refractivity contribution in [3.05, 3.63) is 83.7 Å². The number of halogens is 1. The Balaban J connectivity index is 1.57. The monoisotopic (exact) mass is 406 g/mol. The van der Waals surface area contributed by atoms with Crippen molar-refractivity contribution in [3.8, 4) is 16.9 Å². The van der Waals surface area contributed by atoms with Gasteiger partial charge in [-0.1, -0.05) is 35.9 Å². The molecule has 0 unspecified atom stereocenters. The lowest BCUT2D eigenvalue weighted by molar-refractivity contribution is -0.115. The van der Waals surface area contributed by atoms with Crippen molar-refractivity contribution in [1.82, 2.24) is 5.32 Å².